The summed E-state index contributed by atoms with van der Waals surface area (Å²) in [4.78, 5) is 13.8. The molecule has 1 saturated heterocycles. The van der Waals surface area contributed by atoms with Crippen LogP contribution in [0.25, 0.3) is 0 Å². The molecule has 1 heterocycles. The van der Waals surface area contributed by atoms with E-state index in [1.807, 2.05) is 24.1 Å². The van der Waals surface area contributed by atoms with Gasteiger partial charge >= 0.3 is 0 Å². The number of hydrogen-bond donors (Lipinski definition) is 1. The number of likely N-dealkylation sites (tertiary alicyclic amines) is 1. The number of rotatable bonds is 6. The zero-order valence-electron chi connectivity index (χ0n) is 12.4. The van der Waals surface area contributed by atoms with Gasteiger partial charge < -0.3 is 15.0 Å². The third kappa shape index (κ3) is 3.73. The molecule has 1 aliphatic heterocycles. The molecule has 0 aliphatic carbocycles. The number of benzene rings is 1. The Morgan fingerprint density at radius 2 is 1.95 bits per heavy atom. The highest BCUT2D eigenvalue weighted by atomic mass is 16.5. The normalized spacial score (nSPS) is 16.2. The maximum atomic E-state index is 11.9. The quantitative estimate of drug-likeness (QED) is 0.867. The fourth-order valence-electron chi connectivity index (χ4n) is 2.61. The fraction of sp³-hybridized carbons (Fsp3) is 0.562. The summed E-state index contributed by atoms with van der Waals surface area (Å²) in [5.74, 6) is 0.848. The van der Waals surface area contributed by atoms with Crippen LogP contribution in [0.15, 0.2) is 24.3 Å². The molecule has 0 bridgehead atoms. The monoisotopic (exact) mass is 276 g/mol. The van der Waals surface area contributed by atoms with Gasteiger partial charge in [0.15, 0.2) is 6.61 Å². The van der Waals surface area contributed by atoms with Crippen LogP contribution in [0.2, 0.25) is 0 Å². The van der Waals surface area contributed by atoms with Crippen molar-refractivity contribution in [2.45, 2.75) is 32.2 Å². The standard InChI is InChI=1S/C16H24N2O2/c1-3-15(17-2)13-6-8-14(9-7-13)20-12-16(19)18-10-4-5-11-18/h6-9,15,17H,3-5,10-12H2,1-2H3. The molecule has 0 spiro atoms. The first-order valence-electron chi connectivity index (χ1n) is 7.42. The van der Waals surface area contributed by atoms with E-state index in [0.717, 1.165) is 38.1 Å². The van der Waals surface area contributed by atoms with Gasteiger partial charge in [0.1, 0.15) is 5.75 Å². The summed E-state index contributed by atoms with van der Waals surface area (Å²) in [5.41, 5.74) is 1.24. The van der Waals surface area contributed by atoms with Crippen LogP contribution < -0.4 is 10.1 Å². The average molecular weight is 276 g/mol. The summed E-state index contributed by atoms with van der Waals surface area (Å²) < 4.78 is 5.57. The van der Waals surface area contributed by atoms with Crippen molar-refractivity contribution < 1.29 is 9.53 Å². The Morgan fingerprint density at radius 3 is 2.50 bits per heavy atom. The molecule has 0 aromatic heterocycles. The van der Waals surface area contributed by atoms with Gasteiger partial charge in [-0.05, 0) is 44.0 Å². The minimum atomic E-state index is 0.0910. The van der Waals surface area contributed by atoms with Crippen molar-refractivity contribution in [3.63, 3.8) is 0 Å². The first-order valence-corrected chi connectivity index (χ1v) is 7.42. The van der Waals surface area contributed by atoms with E-state index in [1.165, 1.54) is 5.56 Å². The first kappa shape index (κ1) is 14.9. The van der Waals surface area contributed by atoms with Gasteiger partial charge in [-0.1, -0.05) is 19.1 Å². The zero-order valence-corrected chi connectivity index (χ0v) is 12.4. The summed E-state index contributed by atoms with van der Waals surface area (Å²) in [7, 11) is 1.97. The third-order valence-electron chi connectivity index (χ3n) is 3.86. The molecule has 1 amide bonds. The molecule has 1 aliphatic rings. The SMILES string of the molecule is CCC(NC)c1ccc(OCC(=O)N2CCCC2)cc1. The lowest BCUT2D eigenvalue weighted by molar-refractivity contribution is -0.132. The van der Waals surface area contributed by atoms with Gasteiger partial charge in [0.05, 0.1) is 0 Å². The molecule has 0 saturated carbocycles. The van der Waals surface area contributed by atoms with Gasteiger partial charge in [-0.25, -0.2) is 0 Å². The first-order chi connectivity index (χ1) is 9.74. The predicted octanol–water partition coefficient (Wildman–Crippen LogP) is 2.36. The molecular formula is C16H24N2O2. The van der Waals surface area contributed by atoms with Gasteiger partial charge in [0.2, 0.25) is 0 Å². The van der Waals surface area contributed by atoms with Gasteiger partial charge in [-0.3, -0.25) is 4.79 Å². The van der Waals surface area contributed by atoms with Crippen LogP contribution in [0.1, 0.15) is 37.8 Å². The van der Waals surface area contributed by atoms with Crippen molar-refractivity contribution in [1.29, 1.82) is 0 Å². The number of nitrogens with zero attached hydrogens (tertiary/aromatic N) is 1. The highest BCUT2D eigenvalue weighted by Crippen LogP contribution is 2.20. The molecule has 4 nitrogen and oxygen atoms in total. The minimum absolute atomic E-state index is 0.0910. The lowest BCUT2D eigenvalue weighted by Crippen LogP contribution is -2.32. The van der Waals surface area contributed by atoms with Crippen LogP contribution in [0.3, 0.4) is 0 Å². The van der Waals surface area contributed by atoms with Gasteiger partial charge in [-0.2, -0.15) is 0 Å². The van der Waals surface area contributed by atoms with Crippen molar-refractivity contribution in [2.75, 3.05) is 26.7 Å². The summed E-state index contributed by atoms with van der Waals surface area (Å²) in [6.07, 6.45) is 3.27. The number of carbonyl (C=O) groups is 1. The summed E-state index contributed by atoms with van der Waals surface area (Å²) >= 11 is 0. The van der Waals surface area contributed by atoms with E-state index in [9.17, 15) is 4.79 Å². The molecule has 2 rings (SSSR count). The molecule has 20 heavy (non-hydrogen) atoms. The molecule has 0 radical (unpaired) electrons. The van der Waals surface area contributed by atoms with Crippen LogP contribution in [0.5, 0.6) is 5.75 Å². The van der Waals surface area contributed by atoms with Gasteiger partial charge in [0.25, 0.3) is 5.91 Å². The largest absolute Gasteiger partial charge is 0.484 e. The van der Waals surface area contributed by atoms with E-state index >= 15 is 0 Å². The lowest BCUT2D eigenvalue weighted by Gasteiger charge is -2.17. The molecular weight excluding hydrogens is 252 g/mol. The maximum Gasteiger partial charge on any atom is 0.260 e. The van der Waals surface area contributed by atoms with Crippen molar-refractivity contribution >= 4 is 5.91 Å². The van der Waals surface area contributed by atoms with E-state index in [2.05, 4.69) is 24.4 Å². The van der Waals surface area contributed by atoms with Gasteiger partial charge in [0, 0.05) is 19.1 Å². The molecule has 1 unspecified atom stereocenters. The number of hydrogen-bond acceptors (Lipinski definition) is 3. The van der Waals surface area contributed by atoms with E-state index in [4.69, 9.17) is 4.74 Å². The Hall–Kier alpha value is -1.55. The van der Waals surface area contributed by atoms with Crippen LogP contribution in [0, 0.1) is 0 Å². The minimum Gasteiger partial charge on any atom is -0.484 e. The highest BCUT2D eigenvalue weighted by molar-refractivity contribution is 5.78. The molecule has 1 N–H and O–H groups in total. The second-order valence-electron chi connectivity index (χ2n) is 5.20. The highest BCUT2D eigenvalue weighted by Gasteiger charge is 2.18. The van der Waals surface area contributed by atoms with Crippen LogP contribution in [0.4, 0.5) is 0 Å². The maximum absolute atomic E-state index is 11.9. The van der Waals surface area contributed by atoms with Crippen molar-refractivity contribution in [1.82, 2.24) is 10.2 Å². The van der Waals surface area contributed by atoms with Gasteiger partial charge in [-0.15, -0.1) is 0 Å². The molecule has 110 valence electrons. The Labute approximate surface area is 121 Å². The van der Waals surface area contributed by atoms with E-state index < -0.39 is 0 Å². The number of carbonyl (C=O) groups excluding carboxylic acids is 1. The zero-order chi connectivity index (χ0) is 14.4. The molecule has 1 aromatic carbocycles. The van der Waals surface area contributed by atoms with Crippen molar-refractivity contribution in [2.24, 2.45) is 0 Å². The van der Waals surface area contributed by atoms with E-state index in [0.29, 0.717) is 6.04 Å². The van der Waals surface area contributed by atoms with E-state index in [1.54, 1.807) is 0 Å². The van der Waals surface area contributed by atoms with Crippen LogP contribution >= 0.6 is 0 Å². The Balaban J connectivity index is 1.85. The smallest absolute Gasteiger partial charge is 0.260 e. The second-order valence-corrected chi connectivity index (χ2v) is 5.20. The number of ether oxygens (including phenoxy) is 1. The Morgan fingerprint density at radius 1 is 1.30 bits per heavy atom. The van der Waals surface area contributed by atoms with Crippen LogP contribution in [-0.4, -0.2) is 37.6 Å². The number of nitrogens with one attached hydrogen (secondary N) is 1. The average Bonchev–Trinajstić information content (AvgIpc) is 3.01. The lowest BCUT2D eigenvalue weighted by atomic mass is 10.1. The predicted molar refractivity (Wildman–Crippen MR) is 79.8 cm³/mol. The van der Waals surface area contributed by atoms with Crippen LogP contribution in [-0.2, 0) is 4.79 Å². The third-order valence-corrected chi connectivity index (χ3v) is 3.86. The fourth-order valence-corrected chi connectivity index (χ4v) is 2.61. The molecule has 4 heteroatoms. The molecule has 1 aromatic rings. The topological polar surface area (TPSA) is 41.6 Å². The second kappa shape index (κ2) is 7.29. The Bertz CT molecular complexity index is 421. The van der Waals surface area contributed by atoms with E-state index in [-0.39, 0.29) is 12.5 Å². The van der Waals surface area contributed by atoms with Crippen molar-refractivity contribution in [3.8, 4) is 5.75 Å². The molecule has 1 atom stereocenters. The summed E-state index contributed by atoms with van der Waals surface area (Å²) in [6.45, 7) is 4.05. The molecule has 1 fully saturated rings. The van der Waals surface area contributed by atoms with Crippen molar-refractivity contribution in [3.05, 3.63) is 29.8 Å². The summed E-state index contributed by atoms with van der Waals surface area (Å²) in [5, 5.41) is 3.27. The summed E-state index contributed by atoms with van der Waals surface area (Å²) in [6, 6.07) is 8.36. The Kier molecular flexibility index (Phi) is 5.41. The number of amides is 1.